The first kappa shape index (κ1) is 22.4. The van der Waals surface area contributed by atoms with Gasteiger partial charge in [-0.3, -0.25) is 4.90 Å². The first-order valence-electron chi connectivity index (χ1n) is 8.25. The summed E-state index contributed by atoms with van der Waals surface area (Å²) in [5.74, 6) is -2.51. The van der Waals surface area contributed by atoms with Crippen molar-refractivity contribution < 1.29 is 19.8 Å². The van der Waals surface area contributed by atoms with Gasteiger partial charge in [0.2, 0.25) is 0 Å². The summed E-state index contributed by atoms with van der Waals surface area (Å²) in [6.07, 6.45) is 2.32. The summed E-state index contributed by atoms with van der Waals surface area (Å²) < 4.78 is 0. The summed E-state index contributed by atoms with van der Waals surface area (Å²) in [6, 6.07) is 6.97. The molecule has 0 bridgehead atoms. The predicted molar refractivity (Wildman–Crippen MR) is 103 cm³/mol. The molecule has 0 aliphatic carbocycles. The maximum absolute atomic E-state index is 9.55. The van der Waals surface area contributed by atoms with E-state index in [1.807, 2.05) is 12.1 Å². The van der Waals surface area contributed by atoms with Crippen LogP contribution in [-0.2, 0) is 16.1 Å². The molecule has 3 N–H and O–H groups in total. The third-order valence-corrected chi connectivity index (χ3v) is 4.78. The van der Waals surface area contributed by atoms with E-state index in [4.69, 9.17) is 33.4 Å². The molecule has 8 heteroatoms. The smallest absolute Gasteiger partial charge is 0.328 e. The first-order valence-corrected chi connectivity index (χ1v) is 9.01. The summed E-state index contributed by atoms with van der Waals surface area (Å²) in [6.45, 7) is 7.50. The Morgan fingerprint density at radius 2 is 1.88 bits per heavy atom. The summed E-state index contributed by atoms with van der Waals surface area (Å²) in [4.78, 5) is 21.6. The van der Waals surface area contributed by atoms with Gasteiger partial charge in [-0.05, 0) is 38.4 Å². The van der Waals surface area contributed by atoms with Gasteiger partial charge in [0.25, 0.3) is 0 Å². The Kier molecular flexibility index (Phi) is 9.65. The quantitative estimate of drug-likeness (QED) is 0.632. The maximum Gasteiger partial charge on any atom is 0.328 e. The molecule has 0 aromatic heterocycles. The second-order valence-corrected chi connectivity index (χ2v) is 6.92. The lowest BCUT2D eigenvalue weighted by Crippen LogP contribution is -2.41. The molecule has 6 nitrogen and oxygen atoms in total. The Labute approximate surface area is 163 Å². The van der Waals surface area contributed by atoms with Gasteiger partial charge >= 0.3 is 11.9 Å². The van der Waals surface area contributed by atoms with Gasteiger partial charge in [-0.15, -0.1) is 0 Å². The van der Waals surface area contributed by atoms with E-state index in [1.54, 1.807) is 0 Å². The zero-order valence-corrected chi connectivity index (χ0v) is 16.3. The van der Waals surface area contributed by atoms with Crippen molar-refractivity contribution in [2.45, 2.75) is 38.9 Å². The molecule has 144 valence electrons. The Balaban J connectivity index is 0.000000359. The van der Waals surface area contributed by atoms with Crippen LogP contribution < -0.4 is 5.32 Å². The van der Waals surface area contributed by atoms with Gasteiger partial charge in [-0.25, -0.2) is 9.59 Å². The Morgan fingerprint density at radius 1 is 1.27 bits per heavy atom. The number of carbonyl (C=O) groups is 2. The Hall–Kier alpha value is -1.60. The molecule has 1 aliphatic heterocycles. The molecule has 1 atom stereocenters. The molecule has 1 aliphatic rings. The molecule has 1 saturated heterocycles. The van der Waals surface area contributed by atoms with Crippen molar-refractivity contribution in [3.63, 3.8) is 0 Å². The summed E-state index contributed by atoms with van der Waals surface area (Å²) in [5.41, 5.74) is 1.12. The maximum atomic E-state index is 9.55. The average molecular weight is 403 g/mol. The zero-order chi connectivity index (χ0) is 19.7. The van der Waals surface area contributed by atoms with E-state index in [-0.39, 0.29) is 0 Å². The molecule has 2 rings (SSSR count). The number of aliphatic carboxylic acids is 2. The van der Waals surface area contributed by atoms with Gasteiger partial charge in [-0.1, -0.05) is 35.3 Å². The first-order chi connectivity index (χ1) is 12.2. The van der Waals surface area contributed by atoms with Crippen LogP contribution in [0.3, 0.4) is 0 Å². The zero-order valence-electron chi connectivity index (χ0n) is 14.8. The number of nitrogens with zero attached hydrogens (tertiary/aromatic N) is 1. The van der Waals surface area contributed by atoms with Crippen molar-refractivity contribution in [2.75, 3.05) is 13.1 Å². The minimum atomic E-state index is -1.26. The van der Waals surface area contributed by atoms with E-state index >= 15 is 0 Å². The van der Waals surface area contributed by atoms with Gasteiger partial charge < -0.3 is 15.5 Å². The minimum Gasteiger partial charge on any atom is -0.478 e. The molecule has 1 aromatic rings. The second-order valence-electron chi connectivity index (χ2n) is 6.14. The lowest BCUT2D eigenvalue weighted by Gasteiger charge is -2.32. The second kappa shape index (κ2) is 11.2. The number of halogens is 2. The van der Waals surface area contributed by atoms with Crippen molar-refractivity contribution >= 4 is 35.1 Å². The van der Waals surface area contributed by atoms with E-state index < -0.39 is 11.9 Å². The third kappa shape index (κ3) is 7.74. The number of benzene rings is 1. The highest BCUT2D eigenvalue weighted by Gasteiger charge is 2.25. The fourth-order valence-corrected chi connectivity index (χ4v) is 3.05. The molecule has 0 amide bonds. The molecular weight excluding hydrogens is 379 g/mol. The highest BCUT2D eigenvalue weighted by molar-refractivity contribution is 6.42. The molecule has 0 radical (unpaired) electrons. The lowest BCUT2D eigenvalue weighted by atomic mass is 10.1. The predicted octanol–water partition coefficient (Wildman–Crippen LogP) is 3.28. The minimum absolute atomic E-state index is 0.505. The van der Waals surface area contributed by atoms with Crippen LogP contribution in [0.4, 0.5) is 0 Å². The molecule has 1 fully saturated rings. The Morgan fingerprint density at radius 3 is 2.35 bits per heavy atom. The van der Waals surface area contributed by atoms with Crippen LogP contribution in [0.2, 0.25) is 10.0 Å². The van der Waals surface area contributed by atoms with Gasteiger partial charge in [0, 0.05) is 37.3 Å². The fourth-order valence-electron chi connectivity index (χ4n) is 2.67. The van der Waals surface area contributed by atoms with Gasteiger partial charge in [0.1, 0.15) is 0 Å². The molecule has 0 saturated carbocycles. The van der Waals surface area contributed by atoms with Crippen molar-refractivity contribution in [2.24, 2.45) is 0 Å². The van der Waals surface area contributed by atoms with Crippen molar-refractivity contribution in [1.82, 2.24) is 10.2 Å². The SMILES string of the molecule is CC(C)N(Cc1cccc(Cl)c1Cl)[C@H]1CCNC1.O=C(O)C=CC(=O)O. The van der Waals surface area contributed by atoms with E-state index in [0.717, 1.165) is 25.2 Å². The van der Waals surface area contributed by atoms with Crippen LogP contribution in [0.1, 0.15) is 25.8 Å². The van der Waals surface area contributed by atoms with Gasteiger partial charge in [-0.2, -0.15) is 0 Å². The number of carboxylic acids is 2. The van der Waals surface area contributed by atoms with E-state index in [2.05, 4.69) is 30.1 Å². The van der Waals surface area contributed by atoms with Crippen LogP contribution in [0.15, 0.2) is 30.4 Å². The fraction of sp³-hybridized carbons (Fsp3) is 0.444. The largest absolute Gasteiger partial charge is 0.478 e. The summed E-state index contributed by atoms with van der Waals surface area (Å²) in [5, 5.41) is 20.4. The van der Waals surface area contributed by atoms with Crippen molar-refractivity contribution in [3.05, 3.63) is 46.0 Å². The highest BCUT2D eigenvalue weighted by atomic mass is 35.5. The topological polar surface area (TPSA) is 89.9 Å². The normalized spacial score (nSPS) is 16.8. The van der Waals surface area contributed by atoms with Crippen LogP contribution in [0.25, 0.3) is 0 Å². The third-order valence-electron chi connectivity index (χ3n) is 3.92. The van der Waals surface area contributed by atoms with Gasteiger partial charge in [0.05, 0.1) is 10.0 Å². The summed E-state index contributed by atoms with van der Waals surface area (Å²) >= 11 is 12.3. The van der Waals surface area contributed by atoms with Crippen LogP contribution in [-0.4, -0.2) is 52.2 Å². The standard InChI is InChI=1S/C14H20Cl2N2.C4H4O4/c1-10(2)18(12-6-7-17-8-12)9-11-4-3-5-13(15)14(11)16;5-3(6)1-2-4(7)8/h3-5,10,12,17H,6-9H2,1-2H3;1-2H,(H,5,6)(H,7,8)/t12-;/m0./s1. The molecule has 26 heavy (non-hydrogen) atoms. The monoisotopic (exact) mass is 402 g/mol. The molecule has 1 heterocycles. The van der Waals surface area contributed by atoms with E-state index in [1.165, 1.54) is 6.42 Å². The molecular formula is C18H24Cl2N2O4. The van der Waals surface area contributed by atoms with Crippen molar-refractivity contribution in [3.8, 4) is 0 Å². The number of hydrogen-bond donors (Lipinski definition) is 3. The number of hydrogen-bond acceptors (Lipinski definition) is 4. The molecule has 0 unspecified atom stereocenters. The lowest BCUT2D eigenvalue weighted by molar-refractivity contribution is -0.134. The highest BCUT2D eigenvalue weighted by Crippen LogP contribution is 2.28. The van der Waals surface area contributed by atoms with Crippen LogP contribution >= 0.6 is 23.2 Å². The number of nitrogens with one attached hydrogen (secondary N) is 1. The molecule has 1 aromatic carbocycles. The Bertz CT molecular complexity index is 628. The van der Waals surface area contributed by atoms with Crippen molar-refractivity contribution in [1.29, 1.82) is 0 Å². The van der Waals surface area contributed by atoms with E-state index in [9.17, 15) is 9.59 Å². The number of rotatable bonds is 6. The molecule has 0 spiro atoms. The average Bonchev–Trinajstić information content (AvgIpc) is 3.08. The van der Waals surface area contributed by atoms with E-state index in [0.29, 0.717) is 34.3 Å². The summed E-state index contributed by atoms with van der Waals surface area (Å²) in [7, 11) is 0. The van der Waals surface area contributed by atoms with Gasteiger partial charge in [0.15, 0.2) is 0 Å². The van der Waals surface area contributed by atoms with Crippen LogP contribution in [0.5, 0.6) is 0 Å². The number of carboxylic acid groups (broad SMARTS) is 2. The van der Waals surface area contributed by atoms with Crippen LogP contribution in [0, 0.1) is 0 Å².